The van der Waals surface area contributed by atoms with Crippen molar-refractivity contribution in [3.05, 3.63) is 24.3 Å². The molecule has 2 N–H and O–H groups in total. The van der Waals surface area contributed by atoms with E-state index in [-0.39, 0.29) is 0 Å². The molecular formula is C9H13BO4. The van der Waals surface area contributed by atoms with E-state index in [2.05, 4.69) is 0 Å². The first-order valence-corrected chi connectivity index (χ1v) is 4.32. The van der Waals surface area contributed by atoms with Crippen LogP contribution in [0.4, 0.5) is 0 Å². The number of methoxy groups -OCH3 is 1. The van der Waals surface area contributed by atoms with Crippen molar-refractivity contribution in [3.8, 4) is 5.75 Å². The summed E-state index contributed by atoms with van der Waals surface area (Å²) in [5, 5.41) is 17.6. The molecule has 0 saturated heterocycles. The van der Waals surface area contributed by atoms with E-state index in [0.717, 1.165) is 0 Å². The highest BCUT2D eigenvalue weighted by Gasteiger charge is 2.09. The number of ether oxygens (including phenoxy) is 2. The number of hydrogen-bond donors (Lipinski definition) is 2. The largest absolute Gasteiger partial charge is 0.491 e. The summed E-state index contributed by atoms with van der Waals surface area (Å²) in [6.07, 6.45) is 0. The maximum atomic E-state index is 8.82. The number of hydrogen-bond acceptors (Lipinski definition) is 4. The first kappa shape index (κ1) is 11.0. The van der Waals surface area contributed by atoms with Gasteiger partial charge in [-0.1, -0.05) is 12.1 Å². The van der Waals surface area contributed by atoms with Crippen LogP contribution in [0.25, 0.3) is 0 Å². The van der Waals surface area contributed by atoms with Crippen LogP contribution in [0.1, 0.15) is 0 Å². The van der Waals surface area contributed by atoms with Gasteiger partial charge in [-0.15, -0.1) is 0 Å². The summed E-state index contributed by atoms with van der Waals surface area (Å²) in [6.45, 7) is 1.02. The summed E-state index contributed by atoms with van der Waals surface area (Å²) in [7, 11) is 0.178. The lowest BCUT2D eigenvalue weighted by atomic mass is 9.80. The minimum atomic E-state index is -1.43. The van der Waals surface area contributed by atoms with E-state index in [0.29, 0.717) is 24.4 Å². The van der Waals surface area contributed by atoms with Gasteiger partial charge in [0.15, 0.2) is 0 Å². The zero-order valence-corrected chi connectivity index (χ0v) is 8.01. The summed E-state index contributed by atoms with van der Waals surface area (Å²) in [4.78, 5) is 0. The molecule has 14 heavy (non-hydrogen) atoms. The zero-order valence-electron chi connectivity index (χ0n) is 8.01. The van der Waals surface area contributed by atoms with E-state index in [9.17, 15) is 0 Å². The van der Waals surface area contributed by atoms with Crippen molar-refractivity contribution in [2.75, 3.05) is 20.3 Å². The molecule has 0 aliphatic carbocycles. The minimum Gasteiger partial charge on any atom is -0.491 e. The van der Waals surface area contributed by atoms with Crippen LogP contribution in [0, 0.1) is 0 Å². The van der Waals surface area contributed by atoms with Gasteiger partial charge in [0, 0.05) is 7.11 Å². The molecule has 0 unspecified atom stereocenters. The van der Waals surface area contributed by atoms with Crippen LogP contribution in [0.3, 0.4) is 0 Å². The van der Waals surface area contributed by atoms with Crippen LogP contribution in [0.2, 0.25) is 0 Å². The second-order valence-electron chi connectivity index (χ2n) is 2.78. The van der Waals surface area contributed by atoms with Gasteiger partial charge >= 0.3 is 7.12 Å². The second kappa shape index (κ2) is 5.64. The van der Waals surface area contributed by atoms with Crippen LogP contribution in [0.5, 0.6) is 5.75 Å². The molecule has 1 rings (SSSR count). The first-order valence-electron chi connectivity index (χ1n) is 4.32. The van der Waals surface area contributed by atoms with E-state index in [1.54, 1.807) is 31.4 Å². The van der Waals surface area contributed by atoms with Crippen LogP contribution in [-0.2, 0) is 4.74 Å². The van der Waals surface area contributed by atoms with Gasteiger partial charge in [0.25, 0.3) is 0 Å². The third-order valence-electron chi connectivity index (χ3n) is 1.73. The van der Waals surface area contributed by atoms with Crippen molar-refractivity contribution in [3.63, 3.8) is 0 Å². The normalized spacial score (nSPS) is 9.93. The van der Waals surface area contributed by atoms with Gasteiger partial charge in [-0.05, 0) is 17.6 Å². The number of benzene rings is 1. The van der Waals surface area contributed by atoms with Crippen LogP contribution in [-0.4, -0.2) is 37.5 Å². The van der Waals surface area contributed by atoms with E-state index >= 15 is 0 Å². The fourth-order valence-corrected chi connectivity index (χ4v) is 0.979. The topological polar surface area (TPSA) is 58.9 Å². The Balaban J connectivity index is 2.47. The predicted octanol–water partition coefficient (Wildman–Crippen LogP) is -0.608. The molecule has 0 atom stereocenters. The molecule has 1 aromatic carbocycles. The Bertz CT molecular complexity index is 260. The van der Waals surface area contributed by atoms with Gasteiger partial charge in [-0.3, -0.25) is 0 Å². The Labute approximate surface area is 83.2 Å². The third kappa shape index (κ3) is 3.37. The Morgan fingerprint density at radius 2 is 1.79 bits per heavy atom. The Morgan fingerprint density at radius 3 is 2.29 bits per heavy atom. The van der Waals surface area contributed by atoms with Gasteiger partial charge in [0.2, 0.25) is 0 Å². The molecule has 0 bridgehead atoms. The lowest BCUT2D eigenvalue weighted by molar-refractivity contribution is 0.146. The fraction of sp³-hybridized carbons (Fsp3) is 0.333. The molecule has 5 heteroatoms. The molecule has 0 amide bonds. The van der Waals surface area contributed by atoms with E-state index < -0.39 is 7.12 Å². The molecular weight excluding hydrogens is 183 g/mol. The van der Waals surface area contributed by atoms with Crippen molar-refractivity contribution in [1.29, 1.82) is 0 Å². The summed E-state index contributed by atoms with van der Waals surface area (Å²) in [5.41, 5.74) is 0.448. The lowest BCUT2D eigenvalue weighted by Crippen LogP contribution is -2.29. The lowest BCUT2D eigenvalue weighted by Gasteiger charge is -2.05. The van der Waals surface area contributed by atoms with Gasteiger partial charge in [-0.2, -0.15) is 0 Å². The van der Waals surface area contributed by atoms with Crippen LogP contribution in [0.15, 0.2) is 24.3 Å². The van der Waals surface area contributed by atoms with Crippen molar-refractivity contribution < 1.29 is 19.5 Å². The molecule has 0 aliphatic heterocycles. The Hall–Kier alpha value is -1.04. The summed E-state index contributed by atoms with van der Waals surface area (Å²) < 4.78 is 10.1. The van der Waals surface area contributed by atoms with Crippen LogP contribution >= 0.6 is 0 Å². The van der Waals surface area contributed by atoms with E-state index in [1.807, 2.05) is 0 Å². The van der Waals surface area contributed by atoms with Gasteiger partial charge in [-0.25, -0.2) is 0 Å². The average Bonchev–Trinajstić information content (AvgIpc) is 2.19. The molecule has 0 heterocycles. The molecule has 0 radical (unpaired) electrons. The SMILES string of the molecule is COCCOc1ccc(B(O)O)cc1. The molecule has 0 fully saturated rings. The van der Waals surface area contributed by atoms with Crippen LogP contribution < -0.4 is 10.2 Å². The quantitative estimate of drug-likeness (QED) is 0.487. The highest BCUT2D eigenvalue weighted by Crippen LogP contribution is 2.07. The monoisotopic (exact) mass is 196 g/mol. The maximum Gasteiger partial charge on any atom is 0.488 e. The maximum absolute atomic E-state index is 8.82. The van der Waals surface area contributed by atoms with Gasteiger partial charge < -0.3 is 19.5 Å². The van der Waals surface area contributed by atoms with Crippen molar-refractivity contribution >= 4 is 12.6 Å². The highest BCUT2D eigenvalue weighted by molar-refractivity contribution is 6.58. The second-order valence-corrected chi connectivity index (χ2v) is 2.78. The van der Waals surface area contributed by atoms with E-state index in [1.165, 1.54) is 0 Å². The van der Waals surface area contributed by atoms with Gasteiger partial charge in [0.05, 0.1) is 6.61 Å². The molecule has 0 aromatic heterocycles. The number of rotatable bonds is 5. The summed E-state index contributed by atoms with van der Waals surface area (Å²) >= 11 is 0. The predicted molar refractivity (Wildman–Crippen MR) is 53.6 cm³/mol. The molecule has 0 aliphatic rings. The fourth-order valence-electron chi connectivity index (χ4n) is 0.979. The van der Waals surface area contributed by atoms with Crippen molar-refractivity contribution in [1.82, 2.24) is 0 Å². The first-order chi connectivity index (χ1) is 6.74. The van der Waals surface area contributed by atoms with Crippen molar-refractivity contribution in [2.24, 2.45) is 0 Å². The molecule has 0 saturated carbocycles. The smallest absolute Gasteiger partial charge is 0.488 e. The van der Waals surface area contributed by atoms with E-state index in [4.69, 9.17) is 19.5 Å². The minimum absolute atomic E-state index is 0.448. The van der Waals surface area contributed by atoms with Crippen molar-refractivity contribution in [2.45, 2.75) is 0 Å². The molecule has 4 nitrogen and oxygen atoms in total. The average molecular weight is 196 g/mol. The standard InChI is InChI=1S/C9H13BO4/c1-13-6-7-14-9-4-2-8(3-5-9)10(11)12/h2-5,11-12H,6-7H2,1H3. The summed E-state index contributed by atoms with van der Waals surface area (Å²) in [5.74, 6) is 0.687. The molecule has 0 spiro atoms. The third-order valence-corrected chi connectivity index (χ3v) is 1.73. The summed E-state index contributed by atoms with van der Waals surface area (Å²) in [6, 6.07) is 6.58. The molecule has 1 aromatic rings. The Morgan fingerprint density at radius 1 is 1.14 bits per heavy atom. The zero-order chi connectivity index (χ0) is 10.4. The molecule has 76 valence electrons. The highest BCUT2D eigenvalue weighted by atomic mass is 16.5. The van der Waals surface area contributed by atoms with Gasteiger partial charge in [0.1, 0.15) is 12.4 Å². The Kier molecular flexibility index (Phi) is 4.45.